The van der Waals surface area contributed by atoms with Crippen molar-refractivity contribution in [3.63, 3.8) is 0 Å². The number of halogens is 1. The number of rotatable bonds is 3. The van der Waals surface area contributed by atoms with E-state index < -0.39 is 0 Å². The van der Waals surface area contributed by atoms with E-state index in [0.29, 0.717) is 5.78 Å². The standard InChI is InChI=1S/C15H14BrN5O/c1-9-7-8-17-15-19-13(20-21(9)15)14(22)18-10(2)11-5-3-4-6-12(11)16/h3-8,10H,1-2H3,(H,18,22)/t10-/m1/s1. The van der Waals surface area contributed by atoms with E-state index in [0.717, 1.165) is 15.7 Å². The van der Waals surface area contributed by atoms with Gasteiger partial charge in [0.05, 0.1) is 6.04 Å². The van der Waals surface area contributed by atoms with Crippen LogP contribution in [0.2, 0.25) is 0 Å². The molecule has 0 fully saturated rings. The second kappa shape index (κ2) is 5.84. The zero-order valence-corrected chi connectivity index (χ0v) is 13.7. The lowest BCUT2D eigenvalue weighted by Gasteiger charge is -2.14. The van der Waals surface area contributed by atoms with E-state index in [1.807, 2.05) is 44.2 Å². The first kappa shape index (κ1) is 14.6. The summed E-state index contributed by atoms with van der Waals surface area (Å²) in [5.74, 6) is 0.201. The molecule has 1 atom stereocenters. The molecule has 0 unspecified atom stereocenters. The van der Waals surface area contributed by atoms with E-state index in [9.17, 15) is 4.79 Å². The maximum Gasteiger partial charge on any atom is 0.291 e. The topological polar surface area (TPSA) is 72.2 Å². The third-order valence-corrected chi connectivity index (χ3v) is 4.07. The Morgan fingerprint density at radius 2 is 2.09 bits per heavy atom. The monoisotopic (exact) mass is 359 g/mol. The molecule has 3 aromatic rings. The summed E-state index contributed by atoms with van der Waals surface area (Å²) in [7, 11) is 0. The number of aromatic nitrogens is 4. The van der Waals surface area contributed by atoms with Gasteiger partial charge >= 0.3 is 0 Å². The SMILES string of the molecule is Cc1ccnc2nc(C(=O)N[C@H](C)c3ccccc3Br)nn12. The van der Waals surface area contributed by atoms with E-state index in [1.165, 1.54) is 0 Å². The molecule has 0 aliphatic carbocycles. The molecule has 0 spiro atoms. The lowest BCUT2D eigenvalue weighted by atomic mass is 10.1. The average molecular weight is 360 g/mol. The fourth-order valence-corrected chi connectivity index (χ4v) is 2.80. The van der Waals surface area contributed by atoms with Crippen LogP contribution in [-0.4, -0.2) is 25.5 Å². The molecular weight excluding hydrogens is 346 g/mol. The molecule has 0 saturated heterocycles. The molecule has 6 nitrogen and oxygen atoms in total. The molecule has 112 valence electrons. The molecule has 0 bridgehead atoms. The van der Waals surface area contributed by atoms with Gasteiger partial charge < -0.3 is 5.32 Å². The Bertz CT molecular complexity index is 845. The number of benzene rings is 1. The van der Waals surface area contributed by atoms with Gasteiger partial charge in [-0.15, -0.1) is 5.10 Å². The Balaban J connectivity index is 1.84. The normalized spacial score (nSPS) is 12.3. The van der Waals surface area contributed by atoms with Gasteiger partial charge in [-0.3, -0.25) is 4.79 Å². The third kappa shape index (κ3) is 2.71. The van der Waals surface area contributed by atoms with E-state index in [2.05, 4.69) is 36.3 Å². The first-order valence-corrected chi connectivity index (χ1v) is 7.59. The lowest BCUT2D eigenvalue weighted by Crippen LogP contribution is -2.27. The highest BCUT2D eigenvalue weighted by molar-refractivity contribution is 9.10. The second-order valence-corrected chi connectivity index (χ2v) is 5.80. The van der Waals surface area contributed by atoms with E-state index in [1.54, 1.807) is 10.7 Å². The predicted molar refractivity (Wildman–Crippen MR) is 85.5 cm³/mol. The van der Waals surface area contributed by atoms with Crippen molar-refractivity contribution < 1.29 is 4.79 Å². The maximum absolute atomic E-state index is 12.3. The first-order chi connectivity index (χ1) is 10.6. The van der Waals surface area contributed by atoms with Gasteiger partial charge in [0.2, 0.25) is 5.82 Å². The van der Waals surface area contributed by atoms with Crippen molar-refractivity contribution in [2.24, 2.45) is 0 Å². The highest BCUT2D eigenvalue weighted by atomic mass is 79.9. The Hall–Kier alpha value is -2.28. The molecule has 2 heterocycles. The molecule has 1 amide bonds. The minimum Gasteiger partial charge on any atom is -0.343 e. The number of carbonyl (C=O) groups is 1. The fourth-order valence-electron chi connectivity index (χ4n) is 2.17. The summed E-state index contributed by atoms with van der Waals surface area (Å²) in [6.07, 6.45) is 1.64. The molecule has 22 heavy (non-hydrogen) atoms. The summed E-state index contributed by atoms with van der Waals surface area (Å²) in [5, 5.41) is 7.10. The number of carbonyl (C=O) groups excluding carboxylic acids is 1. The van der Waals surface area contributed by atoms with Crippen molar-refractivity contribution in [1.82, 2.24) is 24.9 Å². The van der Waals surface area contributed by atoms with Crippen LogP contribution in [0.4, 0.5) is 0 Å². The summed E-state index contributed by atoms with van der Waals surface area (Å²) >= 11 is 3.48. The lowest BCUT2D eigenvalue weighted by molar-refractivity contribution is 0.0929. The summed E-state index contributed by atoms with van der Waals surface area (Å²) in [4.78, 5) is 20.6. The Morgan fingerprint density at radius 3 is 2.82 bits per heavy atom. The van der Waals surface area contributed by atoms with Gasteiger partial charge in [0.15, 0.2) is 0 Å². The number of hydrogen-bond acceptors (Lipinski definition) is 4. The van der Waals surface area contributed by atoms with Gasteiger partial charge in [-0.2, -0.15) is 4.98 Å². The van der Waals surface area contributed by atoms with Crippen molar-refractivity contribution in [3.8, 4) is 0 Å². The van der Waals surface area contributed by atoms with Crippen LogP contribution in [0.1, 0.15) is 34.8 Å². The van der Waals surface area contributed by atoms with Crippen molar-refractivity contribution in [3.05, 3.63) is 58.1 Å². The van der Waals surface area contributed by atoms with Gasteiger partial charge in [0.1, 0.15) is 0 Å². The molecule has 0 saturated carbocycles. The molecule has 3 rings (SSSR count). The summed E-state index contributed by atoms with van der Waals surface area (Å²) in [6, 6.07) is 9.41. The van der Waals surface area contributed by atoms with E-state index >= 15 is 0 Å². The van der Waals surface area contributed by atoms with Crippen LogP contribution in [0.25, 0.3) is 5.78 Å². The zero-order chi connectivity index (χ0) is 15.7. The van der Waals surface area contributed by atoms with Crippen LogP contribution in [0.5, 0.6) is 0 Å². The number of hydrogen-bond donors (Lipinski definition) is 1. The van der Waals surface area contributed by atoms with Gasteiger partial charge in [-0.25, -0.2) is 9.50 Å². The Labute approximate surface area is 135 Å². The smallest absolute Gasteiger partial charge is 0.291 e. The van der Waals surface area contributed by atoms with Crippen LogP contribution >= 0.6 is 15.9 Å². The van der Waals surface area contributed by atoms with Crippen LogP contribution in [-0.2, 0) is 0 Å². The molecular formula is C15H14BrN5O. The number of amides is 1. The molecule has 1 N–H and O–H groups in total. The van der Waals surface area contributed by atoms with Crippen LogP contribution in [0.15, 0.2) is 41.0 Å². The van der Waals surface area contributed by atoms with Crippen LogP contribution in [0.3, 0.4) is 0 Å². The number of fused-ring (bicyclic) bond motifs is 1. The maximum atomic E-state index is 12.3. The van der Waals surface area contributed by atoms with Gasteiger partial charge in [0, 0.05) is 16.4 Å². The number of aryl methyl sites for hydroxylation is 1. The Kier molecular flexibility index (Phi) is 3.89. The highest BCUT2D eigenvalue weighted by Gasteiger charge is 2.18. The van der Waals surface area contributed by atoms with Crippen molar-refractivity contribution >= 4 is 27.6 Å². The van der Waals surface area contributed by atoms with Crippen molar-refractivity contribution in [2.75, 3.05) is 0 Å². The number of nitrogens with one attached hydrogen (secondary N) is 1. The third-order valence-electron chi connectivity index (χ3n) is 3.35. The second-order valence-electron chi connectivity index (χ2n) is 4.95. The van der Waals surface area contributed by atoms with Gasteiger partial charge in [0.25, 0.3) is 11.7 Å². The minimum absolute atomic E-state index is 0.112. The van der Waals surface area contributed by atoms with Gasteiger partial charge in [-0.05, 0) is 31.5 Å². The summed E-state index contributed by atoms with van der Waals surface area (Å²) < 4.78 is 2.50. The van der Waals surface area contributed by atoms with Crippen molar-refractivity contribution in [1.29, 1.82) is 0 Å². The van der Waals surface area contributed by atoms with Crippen molar-refractivity contribution in [2.45, 2.75) is 19.9 Å². The van der Waals surface area contributed by atoms with Crippen LogP contribution < -0.4 is 5.32 Å². The molecule has 2 aromatic heterocycles. The van der Waals surface area contributed by atoms with E-state index in [-0.39, 0.29) is 17.8 Å². The minimum atomic E-state index is -0.326. The summed E-state index contributed by atoms with van der Waals surface area (Å²) in [5.41, 5.74) is 1.87. The van der Waals surface area contributed by atoms with E-state index in [4.69, 9.17) is 0 Å². The fraction of sp³-hybridized carbons (Fsp3) is 0.200. The summed E-state index contributed by atoms with van der Waals surface area (Å²) in [6.45, 7) is 3.80. The van der Waals surface area contributed by atoms with Gasteiger partial charge in [-0.1, -0.05) is 34.1 Å². The molecule has 0 aliphatic rings. The quantitative estimate of drug-likeness (QED) is 0.780. The number of nitrogens with zero attached hydrogens (tertiary/aromatic N) is 4. The van der Waals surface area contributed by atoms with Crippen LogP contribution in [0, 0.1) is 6.92 Å². The molecule has 7 heteroatoms. The highest BCUT2D eigenvalue weighted by Crippen LogP contribution is 2.22. The average Bonchev–Trinajstić information content (AvgIpc) is 2.93. The first-order valence-electron chi connectivity index (χ1n) is 6.80. The zero-order valence-electron chi connectivity index (χ0n) is 12.1. The molecule has 0 aliphatic heterocycles. The largest absolute Gasteiger partial charge is 0.343 e. The Morgan fingerprint density at radius 1 is 1.32 bits per heavy atom. The molecule has 1 aromatic carbocycles. The molecule has 0 radical (unpaired) electrons. The predicted octanol–water partition coefficient (Wildman–Crippen LogP) is 2.69.